The van der Waals surface area contributed by atoms with E-state index in [0.29, 0.717) is 0 Å². The van der Waals surface area contributed by atoms with Gasteiger partial charge in [0.2, 0.25) is 0 Å². The summed E-state index contributed by atoms with van der Waals surface area (Å²) < 4.78 is 26.7. The first kappa shape index (κ1) is 44.9. The van der Waals surface area contributed by atoms with Crippen LogP contribution < -0.4 is 0 Å². The summed E-state index contributed by atoms with van der Waals surface area (Å²) in [6.07, 6.45) is 41.1. The van der Waals surface area contributed by atoms with Crippen molar-refractivity contribution in [1.29, 1.82) is 0 Å². The fourth-order valence-corrected chi connectivity index (χ4v) is 5.82. The molecular weight excluding hydrogens is 599 g/mol. The summed E-state index contributed by atoms with van der Waals surface area (Å²) in [5, 5.41) is 0. The van der Waals surface area contributed by atoms with Crippen LogP contribution in [-0.4, -0.2) is 35.1 Å². The second-order valence-corrected chi connectivity index (χ2v) is 14.2. The highest BCUT2D eigenvalue weighted by molar-refractivity contribution is 7.46. The van der Waals surface area contributed by atoms with Gasteiger partial charge in [0.15, 0.2) is 6.10 Å². The van der Waals surface area contributed by atoms with Gasteiger partial charge in [-0.15, -0.1) is 0 Å². The molecular formula is C38H73O7P. The fraction of sp³-hybridized carbons (Fsp3) is 0.868. The number of phosphoric ester groups is 1. The number of carbonyl (C=O) groups excluding carboxylic acids is 1. The molecule has 0 aromatic rings. The van der Waals surface area contributed by atoms with E-state index in [1.807, 2.05) is 6.08 Å². The van der Waals surface area contributed by atoms with Crippen LogP contribution in [0.15, 0.2) is 24.5 Å². The van der Waals surface area contributed by atoms with Crippen LogP contribution in [0.2, 0.25) is 0 Å². The van der Waals surface area contributed by atoms with E-state index in [0.717, 1.165) is 44.9 Å². The van der Waals surface area contributed by atoms with Crippen LogP contribution in [0.1, 0.15) is 194 Å². The lowest BCUT2D eigenvalue weighted by Gasteiger charge is -2.18. The summed E-state index contributed by atoms with van der Waals surface area (Å²) in [6.45, 7) is 4.10. The number of hydrogen-bond acceptors (Lipinski definition) is 5. The molecule has 0 radical (unpaired) electrons. The van der Waals surface area contributed by atoms with E-state index in [1.165, 1.54) is 128 Å². The van der Waals surface area contributed by atoms with E-state index in [1.54, 1.807) is 6.26 Å². The molecule has 0 aliphatic heterocycles. The highest BCUT2D eigenvalue weighted by Gasteiger charge is 2.21. The van der Waals surface area contributed by atoms with Crippen LogP contribution in [0, 0.1) is 0 Å². The molecule has 0 aliphatic carbocycles. The fourth-order valence-electron chi connectivity index (χ4n) is 5.46. The van der Waals surface area contributed by atoms with Crippen LogP contribution in [0.4, 0.5) is 0 Å². The van der Waals surface area contributed by atoms with Crippen LogP contribution >= 0.6 is 7.82 Å². The Hall–Kier alpha value is -1.14. The number of allylic oxidation sites excluding steroid dienone is 3. The lowest BCUT2D eigenvalue weighted by Crippen LogP contribution is -2.27. The Morgan fingerprint density at radius 3 is 1.39 bits per heavy atom. The first-order valence-electron chi connectivity index (χ1n) is 19.2. The van der Waals surface area contributed by atoms with Crippen molar-refractivity contribution in [2.24, 2.45) is 0 Å². The average Bonchev–Trinajstić information content (AvgIpc) is 3.02. The molecule has 272 valence electrons. The minimum atomic E-state index is -4.66. The van der Waals surface area contributed by atoms with Gasteiger partial charge in [-0.2, -0.15) is 0 Å². The molecule has 0 aromatic heterocycles. The van der Waals surface area contributed by atoms with Gasteiger partial charge < -0.3 is 19.3 Å². The van der Waals surface area contributed by atoms with Crippen molar-refractivity contribution in [2.75, 3.05) is 13.2 Å². The van der Waals surface area contributed by atoms with Gasteiger partial charge in [-0.1, -0.05) is 154 Å². The minimum absolute atomic E-state index is 0.00671. The predicted molar refractivity (Wildman–Crippen MR) is 193 cm³/mol. The van der Waals surface area contributed by atoms with Crippen LogP contribution in [0.3, 0.4) is 0 Å². The third kappa shape index (κ3) is 37.3. The Morgan fingerprint density at radius 1 is 0.565 bits per heavy atom. The van der Waals surface area contributed by atoms with Crippen molar-refractivity contribution in [3.8, 4) is 0 Å². The Kier molecular flexibility index (Phi) is 34.3. The summed E-state index contributed by atoms with van der Waals surface area (Å²) in [5.41, 5.74) is 0. The van der Waals surface area contributed by atoms with E-state index >= 15 is 0 Å². The summed E-state index contributed by atoms with van der Waals surface area (Å²) in [5.74, 6) is -0.392. The molecule has 0 saturated carbocycles. The quantitative estimate of drug-likeness (QED) is 0.0224. The maximum atomic E-state index is 12.3. The Bertz CT molecular complexity index is 749. The van der Waals surface area contributed by atoms with Crippen LogP contribution in [0.5, 0.6) is 0 Å². The van der Waals surface area contributed by atoms with Gasteiger partial charge in [0.05, 0.1) is 12.9 Å². The molecule has 0 unspecified atom stereocenters. The molecule has 0 saturated heterocycles. The normalized spacial score (nSPS) is 12.8. The van der Waals surface area contributed by atoms with E-state index in [-0.39, 0.29) is 13.0 Å². The molecule has 0 spiro atoms. The van der Waals surface area contributed by atoms with Gasteiger partial charge >= 0.3 is 13.8 Å². The topological polar surface area (TPSA) is 102 Å². The first-order chi connectivity index (χ1) is 22.4. The highest BCUT2D eigenvalue weighted by Crippen LogP contribution is 2.36. The molecule has 8 heteroatoms. The van der Waals surface area contributed by atoms with Crippen LogP contribution in [-0.2, 0) is 23.4 Å². The molecule has 0 aromatic carbocycles. The summed E-state index contributed by atoms with van der Waals surface area (Å²) in [6, 6.07) is 0. The number of unbranched alkanes of at least 4 members (excludes halogenated alkanes) is 24. The SMILES string of the molecule is CCCCCCC/C=C\CCCCCCCC(=O)O[C@H](CO/C=C\CCCCCCCCCCCCCCCC)COP(=O)(O)O. The van der Waals surface area contributed by atoms with E-state index < -0.39 is 26.5 Å². The summed E-state index contributed by atoms with van der Waals surface area (Å²) in [7, 11) is -4.66. The number of carbonyl (C=O) groups is 1. The van der Waals surface area contributed by atoms with Gasteiger partial charge in [0, 0.05) is 6.42 Å². The maximum absolute atomic E-state index is 12.3. The third-order valence-electron chi connectivity index (χ3n) is 8.32. The number of esters is 1. The van der Waals surface area contributed by atoms with Gasteiger partial charge in [0.25, 0.3) is 0 Å². The molecule has 46 heavy (non-hydrogen) atoms. The predicted octanol–water partition coefficient (Wildman–Crippen LogP) is 12.1. The van der Waals surface area contributed by atoms with Crippen LogP contribution in [0.25, 0.3) is 0 Å². The average molecular weight is 673 g/mol. The number of ether oxygens (including phenoxy) is 2. The van der Waals surface area contributed by atoms with Crippen molar-refractivity contribution in [2.45, 2.75) is 200 Å². The molecule has 7 nitrogen and oxygen atoms in total. The van der Waals surface area contributed by atoms with Crippen molar-refractivity contribution >= 4 is 13.8 Å². The number of hydrogen-bond donors (Lipinski definition) is 2. The molecule has 0 rings (SSSR count). The monoisotopic (exact) mass is 673 g/mol. The molecule has 0 heterocycles. The van der Waals surface area contributed by atoms with Crippen molar-refractivity contribution in [1.82, 2.24) is 0 Å². The van der Waals surface area contributed by atoms with Gasteiger partial charge in [-0.25, -0.2) is 4.57 Å². The zero-order chi connectivity index (χ0) is 33.8. The summed E-state index contributed by atoms with van der Waals surface area (Å²) in [4.78, 5) is 30.5. The smallest absolute Gasteiger partial charge is 0.469 e. The van der Waals surface area contributed by atoms with E-state index in [9.17, 15) is 9.36 Å². The molecule has 0 amide bonds. The van der Waals surface area contributed by atoms with Crippen molar-refractivity contribution < 1.29 is 33.1 Å². The number of rotatable bonds is 36. The summed E-state index contributed by atoms with van der Waals surface area (Å²) >= 11 is 0. The Balaban J connectivity index is 3.88. The Morgan fingerprint density at radius 2 is 0.957 bits per heavy atom. The maximum Gasteiger partial charge on any atom is 0.469 e. The zero-order valence-electron chi connectivity index (χ0n) is 30.0. The second kappa shape index (κ2) is 35.2. The lowest BCUT2D eigenvalue weighted by molar-refractivity contribution is -0.153. The van der Waals surface area contributed by atoms with Gasteiger partial charge in [-0.3, -0.25) is 9.32 Å². The van der Waals surface area contributed by atoms with Crippen molar-refractivity contribution in [3.05, 3.63) is 24.5 Å². The Labute approximate surface area is 284 Å². The highest BCUT2D eigenvalue weighted by atomic mass is 31.2. The second-order valence-electron chi connectivity index (χ2n) is 13.0. The lowest BCUT2D eigenvalue weighted by atomic mass is 10.0. The minimum Gasteiger partial charge on any atom is -0.498 e. The first-order valence-corrected chi connectivity index (χ1v) is 20.7. The zero-order valence-corrected chi connectivity index (χ0v) is 30.9. The molecule has 0 fully saturated rings. The van der Waals surface area contributed by atoms with E-state index in [2.05, 4.69) is 30.5 Å². The van der Waals surface area contributed by atoms with Gasteiger partial charge in [0.1, 0.15) is 6.61 Å². The molecule has 0 aliphatic rings. The number of phosphoric acid groups is 1. The molecule has 2 N–H and O–H groups in total. The molecule has 1 atom stereocenters. The molecule has 0 bridgehead atoms. The standard InChI is InChI=1S/C38H73O7P/c1-3-5-7-9-11-13-15-17-19-20-22-24-26-28-30-32-34-43-35-37(36-44-46(40,41)42)45-38(39)33-31-29-27-25-23-21-18-16-14-12-10-8-6-4-2/h16,18,32,34,37H,3-15,17,19-31,33,35-36H2,1-2H3,(H2,40,41,42)/b18-16-,34-32-/t37-/m1/s1. The largest absolute Gasteiger partial charge is 0.498 e. The van der Waals surface area contributed by atoms with Gasteiger partial charge in [-0.05, 0) is 51.0 Å². The van der Waals surface area contributed by atoms with E-state index in [4.69, 9.17) is 19.3 Å². The van der Waals surface area contributed by atoms with Crippen molar-refractivity contribution in [3.63, 3.8) is 0 Å². The third-order valence-corrected chi connectivity index (χ3v) is 8.80.